The summed E-state index contributed by atoms with van der Waals surface area (Å²) in [5.74, 6) is 0.187. The van der Waals surface area contributed by atoms with Gasteiger partial charge in [0, 0.05) is 15.1 Å². The van der Waals surface area contributed by atoms with Crippen LogP contribution in [-0.4, -0.2) is 11.7 Å². The highest BCUT2D eigenvalue weighted by molar-refractivity contribution is 9.10. The van der Waals surface area contributed by atoms with E-state index in [2.05, 4.69) is 25.9 Å². The maximum Gasteiger partial charge on any atom is 0.367 e. The number of hydrogen-bond donors (Lipinski definition) is 0. The lowest BCUT2D eigenvalue weighted by molar-refractivity contribution is -0.136. The average molecular weight is 407 g/mol. The van der Waals surface area contributed by atoms with Crippen molar-refractivity contribution >= 4 is 45.3 Å². The predicted molar refractivity (Wildman–Crippen MR) is 97.1 cm³/mol. The number of carbonyl (C=O) groups is 1. The third-order valence-electron chi connectivity index (χ3n) is 3.43. The highest BCUT2D eigenvalue weighted by atomic mass is 79.9. The summed E-state index contributed by atoms with van der Waals surface area (Å²) in [5, 5.41) is 4.34. The first kappa shape index (κ1) is 16.7. The molecule has 1 aliphatic rings. The van der Waals surface area contributed by atoms with Crippen LogP contribution in [0.3, 0.4) is 0 Å². The van der Waals surface area contributed by atoms with E-state index in [4.69, 9.17) is 16.3 Å². The number of oxime groups is 1. The first-order valence-corrected chi connectivity index (χ1v) is 8.35. The van der Waals surface area contributed by atoms with Crippen LogP contribution < -0.4 is 4.74 Å². The third kappa shape index (κ3) is 3.86. The molecule has 0 fully saturated rings. The highest BCUT2D eigenvalue weighted by Crippen LogP contribution is 2.28. The summed E-state index contributed by atoms with van der Waals surface area (Å²) in [4.78, 5) is 16.4. The van der Waals surface area contributed by atoms with Gasteiger partial charge < -0.3 is 9.57 Å². The van der Waals surface area contributed by atoms with E-state index < -0.39 is 5.97 Å². The van der Waals surface area contributed by atoms with E-state index in [1.165, 1.54) is 0 Å². The molecule has 0 radical (unpaired) electrons. The summed E-state index contributed by atoms with van der Waals surface area (Å²) in [6, 6.07) is 13.1. The molecule has 0 aromatic heterocycles. The first-order valence-electron chi connectivity index (χ1n) is 7.18. The van der Waals surface area contributed by atoms with Crippen molar-refractivity contribution < 1.29 is 14.4 Å². The summed E-state index contributed by atoms with van der Waals surface area (Å²) in [7, 11) is 0. The largest absolute Gasteiger partial charge is 0.488 e. The smallest absolute Gasteiger partial charge is 0.367 e. The Morgan fingerprint density at radius 1 is 1.29 bits per heavy atom. The number of nitrogens with zero attached hydrogens (tertiary/aromatic N) is 1. The number of benzene rings is 2. The zero-order valence-electron chi connectivity index (χ0n) is 12.8. The van der Waals surface area contributed by atoms with Crippen molar-refractivity contribution in [2.75, 3.05) is 0 Å². The predicted octanol–water partition coefficient (Wildman–Crippen LogP) is 5.00. The van der Waals surface area contributed by atoms with Crippen LogP contribution in [-0.2, 0) is 16.2 Å². The van der Waals surface area contributed by atoms with Gasteiger partial charge in [0.2, 0.25) is 0 Å². The van der Waals surface area contributed by atoms with Gasteiger partial charge in [-0.25, -0.2) is 4.79 Å². The van der Waals surface area contributed by atoms with Crippen LogP contribution in [0.25, 0.3) is 6.08 Å². The van der Waals surface area contributed by atoms with Crippen molar-refractivity contribution in [1.82, 2.24) is 0 Å². The van der Waals surface area contributed by atoms with Gasteiger partial charge in [0.15, 0.2) is 0 Å². The molecule has 0 atom stereocenters. The number of ether oxygens (including phenoxy) is 1. The van der Waals surface area contributed by atoms with Crippen LogP contribution in [0.5, 0.6) is 5.75 Å². The Kier molecular flexibility index (Phi) is 5.02. The summed E-state index contributed by atoms with van der Waals surface area (Å²) >= 11 is 9.42. The molecule has 2 aromatic rings. The molecule has 6 heteroatoms. The fourth-order valence-electron chi connectivity index (χ4n) is 2.23. The third-order valence-corrected chi connectivity index (χ3v) is 4.16. The Labute approximate surface area is 152 Å². The van der Waals surface area contributed by atoms with Gasteiger partial charge in [-0.3, -0.25) is 0 Å². The molecule has 24 heavy (non-hydrogen) atoms. The molecule has 1 aliphatic heterocycles. The van der Waals surface area contributed by atoms with Crippen molar-refractivity contribution in [3.8, 4) is 5.75 Å². The topological polar surface area (TPSA) is 47.9 Å². The van der Waals surface area contributed by atoms with E-state index in [0.717, 1.165) is 15.6 Å². The summed E-state index contributed by atoms with van der Waals surface area (Å²) in [6.07, 6.45) is 1.71. The first-order chi connectivity index (χ1) is 11.5. The van der Waals surface area contributed by atoms with Crippen LogP contribution in [0.2, 0.25) is 5.02 Å². The molecule has 122 valence electrons. The zero-order valence-corrected chi connectivity index (χ0v) is 15.1. The molecule has 1 heterocycles. The molecule has 0 saturated carbocycles. The quantitative estimate of drug-likeness (QED) is 0.530. The van der Waals surface area contributed by atoms with Gasteiger partial charge in [-0.1, -0.05) is 44.8 Å². The monoisotopic (exact) mass is 405 g/mol. The molecule has 0 N–H and O–H groups in total. The maximum atomic E-state index is 11.7. The minimum absolute atomic E-state index is 0.371. The second-order valence-corrected chi connectivity index (χ2v) is 6.57. The summed E-state index contributed by atoms with van der Waals surface area (Å²) < 4.78 is 6.78. The van der Waals surface area contributed by atoms with Gasteiger partial charge in [0.25, 0.3) is 0 Å². The summed E-state index contributed by atoms with van der Waals surface area (Å²) in [6.45, 7) is 2.09. The molecule has 0 unspecified atom stereocenters. The standard InChI is InChI=1S/C18H13BrClNO3/c1-11-16(18(22)24-21-11)9-13-8-14(19)5-6-17(13)23-10-12-3-2-4-15(20)7-12/h2-9H,10H2,1H3/b16-9+. The Morgan fingerprint density at radius 2 is 2.12 bits per heavy atom. The maximum absolute atomic E-state index is 11.7. The number of rotatable bonds is 4. The van der Waals surface area contributed by atoms with Gasteiger partial charge in [-0.2, -0.15) is 0 Å². The lowest BCUT2D eigenvalue weighted by Crippen LogP contribution is -2.03. The second kappa shape index (κ2) is 7.20. The molecule has 4 nitrogen and oxygen atoms in total. The van der Waals surface area contributed by atoms with Crippen LogP contribution in [0.15, 0.2) is 57.7 Å². The van der Waals surface area contributed by atoms with Crippen molar-refractivity contribution in [2.24, 2.45) is 5.16 Å². The van der Waals surface area contributed by atoms with Gasteiger partial charge in [-0.05, 0) is 48.9 Å². The van der Waals surface area contributed by atoms with Crippen LogP contribution in [0.1, 0.15) is 18.1 Å². The van der Waals surface area contributed by atoms with Crippen LogP contribution in [0.4, 0.5) is 0 Å². The van der Waals surface area contributed by atoms with E-state index in [9.17, 15) is 4.79 Å². The van der Waals surface area contributed by atoms with Gasteiger partial charge in [-0.15, -0.1) is 0 Å². The second-order valence-electron chi connectivity index (χ2n) is 5.21. The Balaban J connectivity index is 1.87. The van der Waals surface area contributed by atoms with E-state index >= 15 is 0 Å². The zero-order chi connectivity index (χ0) is 17.1. The molecular weight excluding hydrogens is 394 g/mol. The fraction of sp³-hybridized carbons (Fsp3) is 0.111. The normalized spacial score (nSPS) is 15.4. The Hall–Kier alpha value is -2.11. The van der Waals surface area contributed by atoms with Crippen molar-refractivity contribution in [3.05, 3.63) is 68.7 Å². The molecule has 2 aromatic carbocycles. The van der Waals surface area contributed by atoms with E-state index in [0.29, 0.717) is 28.7 Å². The number of carbonyl (C=O) groups excluding carboxylic acids is 1. The van der Waals surface area contributed by atoms with Gasteiger partial charge in [0.05, 0.1) is 11.3 Å². The molecule has 0 saturated heterocycles. The van der Waals surface area contributed by atoms with E-state index in [-0.39, 0.29) is 0 Å². The highest BCUT2D eigenvalue weighted by Gasteiger charge is 2.22. The van der Waals surface area contributed by atoms with Crippen molar-refractivity contribution in [2.45, 2.75) is 13.5 Å². The molecule has 3 rings (SSSR count). The Morgan fingerprint density at radius 3 is 2.83 bits per heavy atom. The molecule has 0 aliphatic carbocycles. The average Bonchev–Trinajstić information content (AvgIpc) is 2.86. The van der Waals surface area contributed by atoms with Gasteiger partial charge >= 0.3 is 5.97 Å². The SMILES string of the molecule is CC1=NOC(=O)/C1=C/c1cc(Br)ccc1OCc1cccc(Cl)c1. The van der Waals surface area contributed by atoms with E-state index in [1.54, 1.807) is 13.0 Å². The minimum atomic E-state index is -0.465. The van der Waals surface area contributed by atoms with Gasteiger partial charge in [0.1, 0.15) is 12.4 Å². The molecule has 0 spiro atoms. The molecule has 0 bridgehead atoms. The number of hydrogen-bond acceptors (Lipinski definition) is 4. The number of halogens is 2. The van der Waals surface area contributed by atoms with E-state index in [1.807, 2.05) is 42.5 Å². The van der Waals surface area contributed by atoms with Crippen molar-refractivity contribution in [3.63, 3.8) is 0 Å². The van der Waals surface area contributed by atoms with Crippen molar-refractivity contribution in [1.29, 1.82) is 0 Å². The van der Waals surface area contributed by atoms with Crippen LogP contribution >= 0.6 is 27.5 Å². The fourth-order valence-corrected chi connectivity index (χ4v) is 2.82. The molecular formula is C18H13BrClNO3. The molecule has 0 amide bonds. The Bertz CT molecular complexity index is 861. The lowest BCUT2D eigenvalue weighted by atomic mass is 10.1. The lowest BCUT2D eigenvalue weighted by Gasteiger charge is -2.10. The van der Waals surface area contributed by atoms with Crippen LogP contribution in [0, 0.1) is 0 Å². The summed E-state index contributed by atoms with van der Waals surface area (Å²) in [5.41, 5.74) is 2.68. The minimum Gasteiger partial charge on any atom is -0.488 e.